The molecule has 1 fully saturated rings. The van der Waals surface area contributed by atoms with Gasteiger partial charge in [0.2, 0.25) is 11.9 Å². The first-order valence-electron chi connectivity index (χ1n) is 11.6. The lowest BCUT2D eigenvalue weighted by Gasteiger charge is -2.31. The minimum absolute atomic E-state index is 0.0865. The number of hydrogen-bond acceptors (Lipinski definition) is 7. The summed E-state index contributed by atoms with van der Waals surface area (Å²) in [7, 11) is 1.73. The number of nitrogen functional groups attached to an aromatic ring is 1. The number of carbonyl (C=O) groups excluding carboxylic acids is 1. The SMILES string of the molecule is CC(=O)N1CCCC(F)(F)C1.CNc1nc(N)nn2ccc(-c3ccc4nc(C)n(CC(F)F)c4n3)c12. The number of amides is 1. The van der Waals surface area contributed by atoms with E-state index in [0.29, 0.717) is 47.0 Å². The maximum absolute atomic E-state index is 12.9. The molecule has 0 spiro atoms. The van der Waals surface area contributed by atoms with E-state index in [4.69, 9.17) is 5.73 Å². The van der Waals surface area contributed by atoms with E-state index in [1.807, 2.05) is 6.07 Å². The monoisotopic (exact) mass is 521 g/mol. The van der Waals surface area contributed by atoms with Crippen LogP contribution in [0, 0.1) is 6.92 Å². The Balaban J connectivity index is 0.000000245. The first-order chi connectivity index (χ1) is 17.5. The number of carbonyl (C=O) groups is 1. The lowest BCUT2D eigenvalue weighted by molar-refractivity contribution is -0.139. The van der Waals surface area contributed by atoms with Crippen molar-refractivity contribution in [2.75, 3.05) is 31.2 Å². The molecular weight excluding hydrogens is 494 g/mol. The number of aryl methyl sites for hydroxylation is 1. The highest BCUT2D eigenvalue weighted by molar-refractivity contribution is 5.89. The molecule has 4 aromatic rings. The second-order valence-electron chi connectivity index (χ2n) is 8.69. The third kappa shape index (κ3) is 5.57. The van der Waals surface area contributed by atoms with Gasteiger partial charge in [-0.15, -0.1) is 5.10 Å². The van der Waals surface area contributed by atoms with Crippen molar-refractivity contribution >= 4 is 34.4 Å². The number of nitrogens with one attached hydrogen (secondary N) is 1. The second kappa shape index (κ2) is 10.2. The first kappa shape index (κ1) is 26.1. The van der Waals surface area contributed by atoms with E-state index in [1.165, 1.54) is 16.4 Å². The van der Waals surface area contributed by atoms with Crippen LogP contribution in [0.25, 0.3) is 27.9 Å². The molecule has 0 aromatic carbocycles. The molecule has 10 nitrogen and oxygen atoms in total. The summed E-state index contributed by atoms with van der Waals surface area (Å²) in [5.74, 6) is -1.73. The molecule has 14 heteroatoms. The largest absolute Gasteiger partial charge is 0.371 e. The third-order valence-corrected chi connectivity index (χ3v) is 5.98. The molecule has 0 unspecified atom stereocenters. The molecule has 0 bridgehead atoms. The highest BCUT2D eigenvalue weighted by Crippen LogP contribution is 2.30. The number of imidazole rings is 1. The minimum atomic E-state index is -2.66. The zero-order chi connectivity index (χ0) is 26.9. The molecule has 0 atom stereocenters. The number of rotatable bonds is 4. The molecule has 5 rings (SSSR count). The highest BCUT2D eigenvalue weighted by Gasteiger charge is 2.35. The van der Waals surface area contributed by atoms with Crippen molar-refractivity contribution < 1.29 is 22.4 Å². The van der Waals surface area contributed by atoms with Gasteiger partial charge in [-0.1, -0.05) is 0 Å². The molecule has 1 amide bonds. The summed E-state index contributed by atoms with van der Waals surface area (Å²) in [6.07, 6.45) is -0.417. The number of halogens is 4. The molecule has 4 aromatic heterocycles. The van der Waals surface area contributed by atoms with Gasteiger partial charge in [-0.3, -0.25) is 4.79 Å². The van der Waals surface area contributed by atoms with Crippen molar-refractivity contribution in [3.63, 3.8) is 0 Å². The summed E-state index contributed by atoms with van der Waals surface area (Å²) in [6.45, 7) is 2.64. The van der Waals surface area contributed by atoms with Gasteiger partial charge in [0.25, 0.3) is 12.3 Å². The Bertz CT molecular complexity index is 1430. The summed E-state index contributed by atoms with van der Waals surface area (Å²) in [4.78, 5) is 25.0. The van der Waals surface area contributed by atoms with Crippen LogP contribution in [0.5, 0.6) is 0 Å². The van der Waals surface area contributed by atoms with Crippen LogP contribution in [0.3, 0.4) is 0 Å². The van der Waals surface area contributed by atoms with Gasteiger partial charge in [0.15, 0.2) is 11.5 Å². The van der Waals surface area contributed by atoms with E-state index in [9.17, 15) is 22.4 Å². The Morgan fingerprint density at radius 3 is 2.59 bits per heavy atom. The van der Waals surface area contributed by atoms with Gasteiger partial charge in [0.1, 0.15) is 16.9 Å². The van der Waals surface area contributed by atoms with Crippen LogP contribution in [0.4, 0.5) is 29.3 Å². The van der Waals surface area contributed by atoms with Crippen LogP contribution in [0.15, 0.2) is 24.4 Å². The van der Waals surface area contributed by atoms with Crippen molar-refractivity contribution in [2.45, 2.75) is 45.6 Å². The molecule has 0 radical (unpaired) electrons. The molecule has 198 valence electrons. The predicted molar refractivity (Wildman–Crippen MR) is 131 cm³/mol. The Morgan fingerprint density at radius 1 is 1.22 bits per heavy atom. The van der Waals surface area contributed by atoms with Crippen LogP contribution in [-0.4, -0.2) is 72.4 Å². The Hall–Kier alpha value is -3.97. The fraction of sp³-hybridized carbons (Fsp3) is 0.435. The van der Waals surface area contributed by atoms with Crippen molar-refractivity contribution in [1.82, 2.24) is 34.0 Å². The van der Waals surface area contributed by atoms with Crippen LogP contribution in [-0.2, 0) is 11.3 Å². The smallest absolute Gasteiger partial charge is 0.265 e. The summed E-state index contributed by atoms with van der Waals surface area (Å²) < 4.78 is 54.1. The number of aromatic nitrogens is 6. The molecule has 1 aliphatic heterocycles. The Labute approximate surface area is 209 Å². The number of fused-ring (bicyclic) bond motifs is 2. The third-order valence-electron chi connectivity index (χ3n) is 5.98. The van der Waals surface area contributed by atoms with Gasteiger partial charge >= 0.3 is 0 Å². The predicted octanol–water partition coefficient (Wildman–Crippen LogP) is 3.60. The number of hydrogen-bond donors (Lipinski definition) is 2. The number of nitrogens with two attached hydrogens (primary N) is 1. The number of alkyl halides is 4. The quantitative estimate of drug-likeness (QED) is 0.394. The number of anilines is 2. The van der Waals surface area contributed by atoms with E-state index in [2.05, 4.69) is 25.4 Å². The van der Waals surface area contributed by atoms with Gasteiger partial charge < -0.3 is 20.5 Å². The summed E-state index contributed by atoms with van der Waals surface area (Å²) in [5, 5.41) is 7.14. The van der Waals surface area contributed by atoms with E-state index in [1.54, 1.807) is 36.8 Å². The van der Waals surface area contributed by atoms with E-state index < -0.39 is 25.4 Å². The van der Waals surface area contributed by atoms with Gasteiger partial charge in [0.05, 0.1) is 18.8 Å². The van der Waals surface area contributed by atoms with Crippen molar-refractivity contribution in [1.29, 1.82) is 0 Å². The van der Waals surface area contributed by atoms with Crippen molar-refractivity contribution in [3.8, 4) is 11.3 Å². The topological polar surface area (TPSA) is 119 Å². The van der Waals surface area contributed by atoms with E-state index in [0.717, 1.165) is 5.56 Å². The lowest BCUT2D eigenvalue weighted by Crippen LogP contribution is -2.44. The van der Waals surface area contributed by atoms with Gasteiger partial charge in [0, 0.05) is 38.7 Å². The number of nitrogens with zero attached hydrogens (tertiary/aromatic N) is 7. The fourth-order valence-electron chi connectivity index (χ4n) is 4.28. The van der Waals surface area contributed by atoms with Crippen LogP contribution < -0.4 is 11.1 Å². The fourth-order valence-corrected chi connectivity index (χ4v) is 4.28. The molecule has 1 saturated heterocycles. The zero-order valence-corrected chi connectivity index (χ0v) is 20.6. The Kier molecular flexibility index (Phi) is 7.18. The molecular formula is C23H27F4N9O. The maximum atomic E-state index is 12.9. The lowest BCUT2D eigenvalue weighted by atomic mass is 10.1. The number of pyridine rings is 1. The van der Waals surface area contributed by atoms with Crippen LogP contribution >= 0.6 is 0 Å². The first-order valence-corrected chi connectivity index (χ1v) is 11.6. The normalized spacial score (nSPS) is 15.2. The second-order valence-corrected chi connectivity index (χ2v) is 8.69. The standard InChI is InChI=1S/C16H16F2N8.C7H11F2NO/c1-8-21-11-4-3-10(22-15(11)25(8)7-12(17)18)9-5-6-26-13(9)14(20-2)23-16(19)24-26;1-6(11)10-4-2-3-7(8,9)5-10/h3-6,12H,7H2,1-2H3,(H3,19,20,23,24);2-5H2,1H3. The Morgan fingerprint density at radius 2 is 1.97 bits per heavy atom. The summed E-state index contributed by atoms with van der Waals surface area (Å²) in [6, 6.07) is 5.40. The molecule has 1 aliphatic rings. The van der Waals surface area contributed by atoms with E-state index in [-0.39, 0.29) is 18.3 Å². The molecule has 37 heavy (non-hydrogen) atoms. The minimum Gasteiger partial charge on any atom is -0.371 e. The van der Waals surface area contributed by atoms with Gasteiger partial charge in [-0.05, 0) is 31.5 Å². The van der Waals surface area contributed by atoms with E-state index >= 15 is 0 Å². The highest BCUT2D eigenvalue weighted by atomic mass is 19.3. The van der Waals surface area contributed by atoms with Crippen molar-refractivity contribution in [3.05, 3.63) is 30.2 Å². The van der Waals surface area contributed by atoms with Gasteiger partial charge in [-0.25, -0.2) is 32.0 Å². The van der Waals surface area contributed by atoms with Crippen LogP contribution in [0.2, 0.25) is 0 Å². The molecule has 5 heterocycles. The van der Waals surface area contributed by atoms with Crippen molar-refractivity contribution in [2.24, 2.45) is 0 Å². The summed E-state index contributed by atoms with van der Waals surface area (Å²) in [5.41, 5.74) is 8.78. The van der Waals surface area contributed by atoms with Crippen LogP contribution in [0.1, 0.15) is 25.6 Å². The summed E-state index contributed by atoms with van der Waals surface area (Å²) >= 11 is 0. The number of likely N-dealkylation sites (tertiary alicyclic amines) is 1. The maximum Gasteiger partial charge on any atom is 0.265 e. The molecule has 0 aliphatic carbocycles. The number of piperidine rings is 1. The average molecular weight is 522 g/mol. The molecule has 0 saturated carbocycles. The van der Waals surface area contributed by atoms with Gasteiger partial charge in [-0.2, -0.15) is 4.98 Å². The zero-order valence-electron chi connectivity index (χ0n) is 20.6. The molecule has 3 N–H and O–H groups in total. The average Bonchev–Trinajstić information content (AvgIpc) is 3.38.